The molecular weight excluding hydrogens is 160 g/mol. The van der Waals surface area contributed by atoms with Gasteiger partial charge in [-0.1, -0.05) is 38.2 Å². The molecule has 0 amide bonds. The zero-order chi connectivity index (χ0) is 9.52. The van der Waals surface area contributed by atoms with E-state index in [0.29, 0.717) is 0 Å². The first-order valence-corrected chi connectivity index (χ1v) is 5.09. The van der Waals surface area contributed by atoms with Crippen molar-refractivity contribution in [2.24, 2.45) is 0 Å². The highest BCUT2D eigenvalue weighted by Gasteiger charge is 2.10. The summed E-state index contributed by atoms with van der Waals surface area (Å²) in [5, 5.41) is 0. The molecule has 72 valence electrons. The lowest BCUT2D eigenvalue weighted by Gasteiger charge is -2.17. The van der Waals surface area contributed by atoms with E-state index in [-0.39, 0.29) is 0 Å². The third-order valence-electron chi connectivity index (χ3n) is 2.12. The Balaban J connectivity index is 0.000000396. The Morgan fingerprint density at radius 3 is 2.92 bits per heavy atom. The number of fused-ring (bicyclic) bond motifs is 1. The molecule has 1 saturated heterocycles. The fourth-order valence-corrected chi connectivity index (χ4v) is 1.48. The molecule has 1 fully saturated rings. The van der Waals surface area contributed by atoms with E-state index in [0.717, 1.165) is 26.1 Å². The van der Waals surface area contributed by atoms with E-state index in [1.165, 1.54) is 11.1 Å². The van der Waals surface area contributed by atoms with Crippen LogP contribution in [0.1, 0.15) is 26.7 Å². The van der Waals surface area contributed by atoms with Gasteiger partial charge in [0.05, 0.1) is 13.2 Å². The van der Waals surface area contributed by atoms with Crippen molar-refractivity contribution in [1.29, 1.82) is 0 Å². The maximum atomic E-state index is 5.35. The van der Waals surface area contributed by atoms with Gasteiger partial charge < -0.3 is 4.74 Å². The van der Waals surface area contributed by atoms with Crippen molar-refractivity contribution < 1.29 is 4.74 Å². The maximum Gasteiger partial charge on any atom is 0.0719 e. The highest BCUT2D eigenvalue weighted by atomic mass is 16.5. The number of rotatable bonds is 0. The topological polar surface area (TPSA) is 9.23 Å². The lowest BCUT2D eigenvalue weighted by Crippen LogP contribution is -2.10. The van der Waals surface area contributed by atoms with Crippen molar-refractivity contribution >= 4 is 0 Å². The summed E-state index contributed by atoms with van der Waals surface area (Å²) < 4.78 is 5.35. The quantitative estimate of drug-likeness (QED) is 0.553. The highest BCUT2D eigenvalue weighted by Crippen LogP contribution is 2.22. The van der Waals surface area contributed by atoms with E-state index in [1.54, 1.807) is 0 Å². The van der Waals surface area contributed by atoms with E-state index in [9.17, 15) is 0 Å². The Hall–Kier alpha value is -0.820. The van der Waals surface area contributed by atoms with Gasteiger partial charge in [0, 0.05) is 0 Å². The lowest BCUT2D eigenvalue weighted by atomic mass is 10.0. The maximum absolute atomic E-state index is 5.35. The normalized spacial score (nSPS) is 20.2. The van der Waals surface area contributed by atoms with Crippen LogP contribution in [0, 0.1) is 0 Å². The third-order valence-corrected chi connectivity index (χ3v) is 2.12. The van der Waals surface area contributed by atoms with Crippen LogP contribution in [0.25, 0.3) is 0 Å². The van der Waals surface area contributed by atoms with Gasteiger partial charge in [0.15, 0.2) is 0 Å². The lowest BCUT2D eigenvalue weighted by molar-refractivity contribution is 0.146. The van der Waals surface area contributed by atoms with Gasteiger partial charge >= 0.3 is 0 Å². The average molecular weight is 178 g/mol. The van der Waals surface area contributed by atoms with Gasteiger partial charge in [-0.05, 0) is 24.0 Å². The van der Waals surface area contributed by atoms with Gasteiger partial charge in [0.2, 0.25) is 0 Å². The zero-order valence-electron chi connectivity index (χ0n) is 8.55. The second-order valence-corrected chi connectivity index (χ2v) is 2.89. The number of allylic oxidation sites excluding steroid dienone is 4. The molecule has 0 atom stereocenters. The molecule has 2 rings (SSSR count). The molecule has 13 heavy (non-hydrogen) atoms. The van der Waals surface area contributed by atoms with Crippen molar-refractivity contribution in [2.45, 2.75) is 26.7 Å². The Bertz CT molecular complexity index is 234. The molecule has 0 aromatic rings. The standard InChI is InChI=1S/C10H12O.C2H6/c1-2-4-9-6-7-11-8-10(9)5-3-1;1-2/h1,3-5H,2,6-8H2;1-2H3. The summed E-state index contributed by atoms with van der Waals surface area (Å²) in [6.45, 7) is 5.69. The molecule has 0 saturated carbocycles. The van der Waals surface area contributed by atoms with Crippen LogP contribution in [0.4, 0.5) is 0 Å². The monoisotopic (exact) mass is 178 g/mol. The molecule has 0 aromatic carbocycles. The second kappa shape index (κ2) is 5.76. The van der Waals surface area contributed by atoms with Crippen LogP contribution in [-0.4, -0.2) is 13.2 Å². The number of ether oxygens (including phenoxy) is 1. The minimum Gasteiger partial charge on any atom is -0.376 e. The fraction of sp³-hybridized carbons (Fsp3) is 0.500. The molecule has 1 aliphatic carbocycles. The predicted molar refractivity (Wildman–Crippen MR) is 56.7 cm³/mol. The summed E-state index contributed by atoms with van der Waals surface area (Å²) in [4.78, 5) is 0. The average Bonchev–Trinajstić information content (AvgIpc) is 2.45. The first kappa shape index (κ1) is 10.3. The Morgan fingerprint density at radius 1 is 1.23 bits per heavy atom. The van der Waals surface area contributed by atoms with E-state index in [4.69, 9.17) is 4.74 Å². The molecule has 1 heterocycles. The van der Waals surface area contributed by atoms with Crippen LogP contribution < -0.4 is 0 Å². The summed E-state index contributed by atoms with van der Waals surface area (Å²) in [5.41, 5.74) is 2.85. The van der Waals surface area contributed by atoms with Gasteiger partial charge in [-0.2, -0.15) is 0 Å². The van der Waals surface area contributed by atoms with Crippen LogP contribution in [0.2, 0.25) is 0 Å². The first-order chi connectivity index (χ1) is 6.47. The fourth-order valence-electron chi connectivity index (χ4n) is 1.48. The van der Waals surface area contributed by atoms with Crippen molar-refractivity contribution in [3.05, 3.63) is 35.5 Å². The molecule has 1 aliphatic heterocycles. The molecule has 0 N–H and O–H groups in total. The van der Waals surface area contributed by atoms with Gasteiger partial charge in [-0.3, -0.25) is 0 Å². The highest BCUT2D eigenvalue weighted by molar-refractivity contribution is 5.37. The van der Waals surface area contributed by atoms with Crippen LogP contribution in [0.3, 0.4) is 0 Å². The summed E-state index contributed by atoms with van der Waals surface area (Å²) in [6.07, 6.45) is 10.9. The smallest absolute Gasteiger partial charge is 0.0719 e. The molecular formula is C12H18O. The van der Waals surface area contributed by atoms with Crippen molar-refractivity contribution in [3.63, 3.8) is 0 Å². The summed E-state index contributed by atoms with van der Waals surface area (Å²) in [5.74, 6) is 0. The van der Waals surface area contributed by atoms with Crippen molar-refractivity contribution in [3.8, 4) is 0 Å². The SMILES string of the molecule is C1=CCC=C2CCOCC2=C1.CC. The number of hydrogen-bond donors (Lipinski definition) is 0. The summed E-state index contributed by atoms with van der Waals surface area (Å²) >= 11 is 0. The van der Waals surface area contributed by atoms with Gasteiger partial charge in [-0.25, -0.2) is 0 Å². The molecule has 0 aromatic heterocycles. The third kappa shape index (κ3) is 2.85. The van der Waals surface area contributed by atoms with Gasteiger partial charge in [0.1, 0.15) is 0 Å². The van der Waals surface area contributed by atoms with Crippen LogP contribution in [0.5, 0.6) is 0 Å². The van der Waals surface area contributed by atoms with Crippen LogP contribution in [-0.2, 0) is 4.74 Å². The molecule has 0 radical (unpaired) electrons. The molecule has 2 aliphatic rings. The second-order valence-electron chi connectivity index (χ2n) is 2.89. The minimum atomic E-state index is 0.802. The molecule has 0 unspecified atom stereocenters. The van der Waals surface area contributed by atoms with Crippen molar-refractivity contribution in [1.82, 2.24) is 0 Å². The molecule has 1 nitrogen and oxygen atoms in total. The van der Waals surface area contributed by atoms with E-state index in [2.05, 4.69) is 24.3 Å². The van der Waals surface area contributed by atoms with Gasteiger partial charge in [-0.15, -0.1) is 0 Å². The molecule has 1 heteroatoms. The Kier molecular flexibility index (Phi) is 4.55. The zero-order valence-corrected chi connectivity index (χ0v) is 8.55. The van der Waals surface area contributed by atoms with Crippen LogP contribution >= 0.6 is 0 Å². The molecule has 0 bridgehead atoms. The van der Waals surface area contributed by atoms with E-state index in [1.807, 2.05) is 13.8 Å². The predicted octanol–water partition coefficient (Wildman–Crippen LogP) is 3.25. The largest absolute Gasteiger partial charge is 0.376 e. The van der Waals surface area contributed by atoms with Gasteiger partial charge in [0.25, 0.3) is 0 Å². The Labute approximate surface area is 80.8 Å². The summed E-state index contributed by atoms with van der Waals surface area (Å²) in [7, 11) is 0. The van der Waals surface area contributed by atoms with Crippen LogP contribution in [0.15, 0.2) is 35.5 Å². The number of hydrogen-bond acceptors (Lipinski definition) is 1. The van der Waals surface area contributed by atoms with E-state index < -0.39 is 0 Å². The van der Waals surface area contributed by atoms with E-state index >= 15 is 0 Å². The summed E-state index contributed by atoms with van der Waals surface area (Å²) in [6, 6.07) is 0. The van der Waals surface area contributed by atoms with Crippen molar-refractivity contribution in [2.75, 3.05) is 13.2 Å². The molecule has 0 spiro atoms. The Morgan fingerprint density at radius 2 is 2.08 bits per heavy atom. The first-order valence-electron chi connectivity index (χ1n) is 5.09. The minimum absolute atomic E-state index is 0.802.